The number of fused-ring (bicyclic) bond motifs is 3. The molecule has 0 spiro atoms. The molecule has 2 aromatic carbocycles. The highest BCUT2D eigenvalue weighted by Gasteiger charge is 2.21. The van der Waals surface area contributed by atoms with Crippen LogP contribution in [-0.4, -0.2) is 18.9 Å². The molecule has 0 aliphatic heterocycles. The minimum absolute atomic E-state index is 0.0103. The summed E-state index contributed by atoms with van der Waals surface area (Å²) in [4.78, 5) is 23.4. The van der Waals surface area contributed by atoms with E-state index in [2.05, 4.69) is 18.0 Å². The maximum absolute atomic E-state index is 14.1. The van der Waals surface area contributed by atoms with Gasteiger partial charge in [-0.05, 0) is 30.7 Å². The van der Waals surface area contributed by atoms with Crippen molar-refractivity contribution in [3.8, 4) is 22.6 Å². The molecule has 3 aromatic heterocycles. The van der Waals surface area contributed by atoms with Crippen LogP contribution in [0.25, 0.3) is 39.2 Å². The minimum atomic E-state index is 0.0103. The molecule has 0 saturated carbocycles. The van der Waals surface area contributed by atoms with Crippen LogP contribution in [0.2, 0.25) is 0 Å². The molecular weight excluding hydrogens is 432 g/mol. The number of hydrogen-bond acceptors (Lipinski definition) is 3. The molecule has 178 valence electrons. The molecule has 0 N–H and O–H groups in total. The summed E-state index contributed by atoms with van der Waals surface area (Å²) in [7, 11) is 0. The van der Waals surface area contributed by atoms with Crippen molar-refractivity contribution in [3.63, 3.8) is 0 Å². The average Bonchev–Trinajstić information content (AvgIpc) is 3.32. The molecular formula is C30H32N4O. The number of para-hydroxylation sites is 2. The highest BCUT2D eigenvalue weighted by Crippen LogP contribution is 2.31. The van der Waals surface area contributed by atoms with E-state index in [0.717, 1.165) is 40.8 Å². The largest absolute Gasteiger partial charge is 0.305 e. The summed E-state index contributed by atoms with van der Waals surface area (Å²) in [6, 6.07) is 22.1. The Hall–Kier alpha value is -3.73. The molecule has 0 amide bonds. The lowest BCUT2D eigenvalue weighted by molar-refractivity contribution is 0.550. The molecule has 0 unspecified atom stereocenters. The van der Waals surface area contributed by atoms with Crippen LogP contribution >= 0.6 is 0 Å². The average molecular weight is 465 g/mol. The van der Waals surface area contributed by atoms with Crippen molar-refractivity contribution in [3.05, 3.63) is 89.5 Å². The Kier molecular flexibility index (Phi) is 7.03. The van der Waals surface area contributed by atoms with Gasteiger partial charge in [-0.25, -0.2) is 4.98 Å². The Morgan fingerprint density at radius 3 is 2.17 bits per heavy atom. The van der Waals surface area contributed by atoms with Crippen molar-refractivity contribution in [1.29, 1.82) is 0 Å². The summed E-state index contributed by atoms with van der Waals surface area (Å²) >= 11 is 0. The minimum Gasteiger partial charge on any atom is -0.305 e. The van der Waals surface area contributed by atoms with Gasteiger partial charge in [-0.3, -0.25) is 14.2 Å². The van der Waals surface area contributed by atoms with Crippen LogP contribution in [0.1, 0.15) is 51.9 Å². The van der Waals surface area contributed by atoms with Gasteiger partial charge in [-0.1, -0.05) is 87.9 Å². The lowest BCUT2D eigenvalue weighted by atomic mass is 10.1. The maximum Gasteiger partial charge on any atom is 0.277 e. The summed E-state index contributed by atoms with van der Waals surface area (Å²) in [6.45, 7) is 2.96. The molecule has 0 aliphatic carbocycles. The summed E-state index contributed by atoms with van der Waals surface area (Å²) in [6.07, 6.45) is 12.1. The van der Waals surface area contributed by atoms with Gasteiger partial charge in [-0.15, -0.1) is 0 Å². The van der Waals surface area contributed by atoms with Crippen molar-refractivity contribution >= 4 is 16.6 Å². The molecule has 0 radical (unpaired) electrons. The van der Waals surface area contributed by atoms with Gasteiger partial charge in [0.1, 0.15) is 17.0 Å². The van der Waals surface area contributed by atoms with Crippen LogP contribution < -0.4 is 5.56 Å². The number of hydrogen-bond donors (Lipinski definition) is 0. The Labute approximate surface area is 206 Å². The topological polar surface area (TPSA) is 52.2 Å². The van der Waals surface area contributed by atoms with Crippen molar-refractivity contribution in [1.82, 2.24) is 18.9 Å². The van der Waals surface area contributed by atoms with Crippen LogP contribution in [0.4, 0.5) is 0 Å². The number of unbranched alkanes of at least 4 members (excludes halogenated alkanes) is 6. The fourth-order valence-electron chi connectivity index (χ4n) is 4.91. The van der Waals surface area contributed by atoms with Crippen molar-refractivity contribution < 1.29 is 0 Å². The highest BCUT2D eigenvalue weighted by molar-refractivity contribution is 5.88. The predicted molar refractivity (Wildman–Crippen MR) is 144 cm³/mol. The summed E-state index contributed by atoms with van der Waals surface area (Å²) in [5.41, 5.74) is 5.10. The molecule has 35 heavy (non-hydrogen) atoms. The lowest BCUT2D eigenvalue weighted by Gasteiger charge is -2.14. The standard InChI is InChI=1S/C30H32N4O/c1-2-3-4-5-6-7-13-21-33-25-18-11-12-19-26(25)34-28(30(33)35)27(23-15-9-8-10-16-23)32-29(34)24-17-14-20-31-22-24/h8-12,14-20,22H,2-7,13,21H2,1H3. The SMILES string of the molecule is CCCCCCCCCn1c(=O)c2c(-c3ccccc3)nc(-c3cccnc3)n2c2ccccc21. The van der Waals surface area contributed by atoms with Crippen LogP contribution in [0.3, 0.4) is 0 Å². The number of aryl methyl sites for hydroxylation is 1. The molecule has 0 bridgehead atoms. The van der Waals surface area contributed by atoms with E-state index >= 15 is 0 Å². The zero-order chi connectivity index (χ0) is 24.0. The van der Waals surface area contributed by atoms with Crippen molar-refractivity contribution in [2.24, 2.45) is 0 Å². The molecule has 5 heteroatoms. The third-order valence-electron chi connectivity index (χ3n) is 6.69. The Bertz CT molecular complexity index is 1470. The second-order valence-electron chi connectivity index (χ2n) is 9.14. The fraction of sp³-hybridized carbons (Fsp3) is 0.300. The zero-order valence-electron chi connectivity index (χ0n) is 20.4. The normalized spacial score (nSPS) is 11.5. The van der Waals surface area contributed by atoms with Crippen molar-refractivity contribution in [2.45, 2.75) is 58.4 Å². The van der Waals surface area contributed by atoms with Gasteiger partial charge in [0.2, 0.25) is 0 Å². The van der Waals surface area contributed by atoms with Crippen molar-refractivity contribution in [2.75, 3.05) is 0 Å². The van der Waals surface area contributed by atoms with Gasteiger partial charge in [-0.2, -0.15) is 0 Å². The summed E-state index contributed by atoms with van der Waals surface area (Å²) < 4.78 is 3.98. The molecule has 0 aliphatic rings. The monoisotopic (exact) mass is 464 g/mol. The van der Waals surface area contributed by atoms with E-state index in [1.807, 2.05) is 75.8 Å². The Morgan fingerprint density at radius 2 is 1.43 bits per heavy atom. The number of rotatable bonds is 10. The van der Waals surface area contributed by atoms with E-state index in [1.54, 1.807) is 6.20 Å². The quantitative estimate of drug-likeness (QED) is 0.207. The van der Waals surface area contributed by atoms with Crippen LogP contribution in [-0.2, 0) is 6.54 Å². The predicted octanol–water partition coefficient (Wildman–Crippen LogP) is 7.13. The summed E-state index contributed by atoms with van der Waals surface area (Å²) in [5, 5.41) is 0. The van der Waals surface area contributed by atoms with Gasteiger partial charge in [0.05, 0.1) is 11.0 Å². The van der Waals surface area contributed by atoms with Gasteiger partial charge in [0.25, 0.3) is 5.56 Å². The molecule has 5 nitrogen and oxygen atoms in total. The first kappa shape index (κ1) is 23.0. The van der Waals surface area contributed by atoms with E-state index in [-0.39, 0.29) is 5.56 Å². The first-order valence-corrected chi connectivity index (χ1v) is 12.8. The number of nitrogens with zero attached hydrogens (tertiary/aromatic N) is 4. The van der Waals surface area contributed by atoms with E-state index in [1.165, 1.54) is 32.1 Å². The van der Waals surface area contributed by atoms with E-state index in [4.69, 9.17) is 4.98 Å². The number of imidazole rings is 1. The van der Waals surface area contributed by atoms with E-state index < -0.39 is 0 Å². The molecule has 0 saturated heterocycles. The second kappa shape index (κ2) is 10.7. The Morgan fingerprint density at radius 1 is 0.743 bits per heavy atom. The van der Waals surface area contributed by atoms with Crippen LogP contribution in [0.5, 0.6) is 0 Å². The third-order valence-corrected chi connectivity index (χ3v) is 6.69. The van der Waals surface area contributed by atoms with Gasteiger partial charge in [0, 0.05) is 30.1 Å². The molecule has 0 fully saturated rings. The van der Waals surface area contributed by atoms with E-state index in [9.17, 15) is 4.79 Å². The fourth-order valence-corrected chi connectivity index (χ4v) is 4.91. The molecule has 0 atom stereocenters. The molecule has 5 aromatic rings. The second-order valence-corrected chi connectivity index (χ2v) is 9.14. The smallest absolute Gasteiger partial charge is 0.277 e. The molecule has 3 heterocycles. The summed E-state index contributed by atoms with van der Waals surface area (Å²) in [5.74, 6) is 0.739. The number of benzene rings is 2. The lowest BCUT2D eigenvalue weighted by Crippen LogP contribution is -2.23. The third kappa shape index (κ3) is 4.63. The van der Waals surface area contributed by atoms with Crippen LogP contribution in [0.15, 0.2) is 83.9 Å². The van der Waals surface area contributed by atoms with Gasteiger partial charge >= 0.3 is 0 Å². The Balaban J connectivity index is 1.65. The number of pyridine rings is 1. The highest BCUT2D eigenvalue weighted by atomic mass is 16.1. The van der Waals surface area contributed by atoms with Crippen LogP contribution in [0, 0.1) is 0 Å². The first-order chi connectivity index (χ1) is 17.3. The molecule has 5 rings (SSSR count). The van der Waals surface area contributed by atoms with E-state index in [0.29, 0.717) is 17.8 Å². The number of aromatic nitrogens is 4. The maximum atomic E-state index is 14.1. The first-order valence-electron chi connectivity index (χ1n) is 12.8. The van der Waals surface area contributed by atoms with Gasteiger partial charge < -0.3 is 4.57 Å². The van der Waals surface area contributed by atoms with Gasteiger partial charge in [0.15, 0.2) is 0 Å². The zero-order valence-corrected chi connectivity index (χ0v) is 20.4.